The first-order valence-corrected chi connectivity index (χ1v) is 7.64. The second-order valence-corrected chi connectivity index (χ2v) is 5.65. The van der Waals surface area contributed by atoms with E-state index in [0.29, 0.717) is 6.04 Å². The topological polar surface area (TPSA) is 12.0 Å². The summed E-state index contributed by atoms with van der Waals surface area (Å²) in [4.78, 5) is 0. The second kappa shape index (κ2) is 8.65. The summed E-state index contributed by atoms with van der Waals surface area (Å²) in [5.41, 5.74) is 0.808. The van der Waals surface area contributed by atoms with Crippen LogP contribution in [0.25, 0.3) is 0 Å². The Hall–Kier alpha value is -0.410. The van der Waals surface area contributed by atoms with E-state index in [1.54, 1.807) is 6.07 Å². The quantitative estimate of drug-likeness (QED) is 0.734. The van der Waals surface area contributed by atoms with Crippen LogP contribution < -0.4 is 5.32 Å². The van der Waals surface area contributed by atoms with Gasteiger partial charge in [0.15, 0.2) is 0 Å². The lowest BCUT2D eigenvalue weighted by molar-refractivity contribution is 0.454. The van der Waals surface area contributed by atoms with Crippen LogP contribution in [0.2, 0.25) is 0 Å². The average molecular weight is 316 g/mol. The molecule has 0 bridgehead atoms. The summed E-state index contributed by atoms with van der Waals surface area (Å²) in [7, 11) is 0. The summed E-state index contributed by atoms with van der Waals surface area (Å²) in [6.07, 6.45) is 5.39. The minimum Gasteiger partial charge on any atom is -0.314 e. The van der Waals surface area contributed by atoms with Gasteiger partial charge in [0.05, 0.1) is 0 Å². The number of hydrogen-bond acceptors (Lipinski definition) is 1. The van der Waals surface area contributed by atoms with E-state index in [0.717, 1.165) is 35.8 Å². The third-order valence-corrected chi connectivity index (χ3v) is 3.56. The molecule has 0 saturated carbocycles. The zero-order valence-electron chi connectivity index (χ0n) is 11.3. The van der Waals surface area contributed by atoms with Gasteiger partial charge in [-0.2, -0.15) is 0 Å². The van der Waals surface area contributed by atoms with Crippen molar-refractivity contribution in [1.82, 2.24) is 5.32 Å². The van der Waals surface area contributed by atoms with Crippen LogP contribution in [0.3, 0.4) is 0 Å². The maximum atomic E-state index is 13.8. The Balaban J connectivity index is 2.62. The van der Waals surface area contributed by atoms with Gasteiger partial charge >= 0.3 is 0 Å². The molecule has 0 spiro atoms. The lowest BCUT2D eigenvalue weighted by atomic mass is 10.0. The standard InChI is InChI=1S/C15H23BrFN/c1-3-5-6-14(18-9-4-2)10-12-7-8-13(16)11-15(12)17/h7-8,11,14,18H,3-6,9-10H2,1-2H3. The highest BCUT2D eigenvalue weighted by molar-refractivity contribution is 9.10. The van der Waals surface area contributed by atoms with Gasteiger partial charge in [0.25, 0.3) is 0 Å². The van der Waals surface area contributed by atoms with E-state index in [-0.39, 0.29) is 5.82 Å². The molecule has 0 saturated heterocycles. The summed E-state index contributed by atoms with van der Waals surface area (Å²) in [6.45, 7) is 5.35. The molecule has 0 radical (unpaired) electrons. The summed E-state index contributed by atoms with van der Waals surface area (Å²) in [5.74, 6) is -0.107. The second-order valence-electron chi connectivity index (χ2n) is 4.73. The smallest absolute Gasteiger partial charge is 0.127 e. The predicted octanol–water partition coefficient (Wildman–Crippen LogP) is 4.69. The molecule has 3 heteroatoms. The zero-order valence-corrected chi connectivity index (χ0v) is 12.9. The maximum Gasteiger partial charge on any atom is 0.127 e. The van der Waals surface area contributed by atoms with Crippen LogP contribution in [0.5, 0.6) is 0 Å². The Morgan fingerprint density at radius 2 is 2.06 bits per heavy atom. The van der Waals surface area contributed by atoms with E-state index in [9.17, 15) is 4.39 Å². The fourth-order valence-corrected chi connectivity index (χ4v) is 2.36. The fraction of sp³-hybridized carbons (Fsp3) is 0.600. The van der Waals surface area contributed by atoms with Crippen LogP contribution in [-0.2, 0) is 6.42 Å². The first kappa shape index (κ1) is 15.6. The first-order chi connectivity index (χ1) is 8.67. The van der Waals surface area contributed by atoms with Crippen LogP contribution in [0, 0.1) is 5.82 Å². The van der Waals surface area contributed by atoms with Crippen LogP contribution >= 0.6 is 15.9 Å². The lowest BCUT2D eigenvalue weighted by Crippen LogP contribution is -2.32. The highest BCUT2D eigenvalue weighted by atomic mass is 79.9. The molecule has 1 aromatic carbocycles. The molecule has 0 aliphatic heterocycles. The Labute approximate surface area is 118 Å². The van der Waals surface area contributed by atoms with Crippen LogP contribution in [0.4, 0.5) is 4.39 Å². The fourth-order valence-electron chi connectivity index (χ4n) is 2.03. The number of nitrogens with one attached hydrogen (secondary N) is 1. The van der Waals surface area contributed by atoms with Crippen molar-refractivity contribution in [2.24, 2.45) is 0 Å². The first-order valence-electron chi connectivity index (χ1n) is 6.84. The van der Waals surface area contributed by atoms with Crippen molar-refractivity contribution in [1.29, 1.82) is 0 Å². The van der Waals surface area contributed by atoms with Gasteiger partial charge in [-0.05, 0) is 43.5 Å². The molecule has 0 heterocycles. The number of rotatable bonds is 8. The molecule has 1 unspecified atom stereocenters. The molecule has 1 nitrogen and oxygen atoms in total. The molecule has 0 fully saturated rings. The molecule has 102 valence electrons. The number of hydrogen-bond donors (Lipinski definition) is 1. The Bertz CT molecular complexity index is 346. The lowest BCUT2D eigenvalue weighted by Gasteiger charge is -2.18. The summed E-state index contributed by atoms with van der Waals surface area (Å²) in [5, 5.41) is 3.52. The summed E-state index contributed by atoms with van der Waals surface area (Å²) >= 11 is 3.29. The number of halogens is 2. The Kier molecular flexibility index (Phi) is 7.52. The molecule has 0 aliphatic carbocycles. The van der Waals surface area contributed by atoms with Crippen molar-refractivity contribution in [2.75, 3.05) is 6.54 Å². The molecule has 1 aromatic rings. The number of unbranched alkanes of at least 4 members (excludes halogenated alkanes) is 1. The zero-order chi connectivity index (χ0) is 13.4. The average Bonchev–Trinajstić information content (AvgIpc) is 2.35. The molecule has 18 heavy (non-hydrogen) atoms. The van der Waals surface area contributed by atoms with E-state index in [1.165, 1.54) is 12.8 Å². The van der Waals surface area contributed by atoms with Crippen LogP contribution in [-0.4, -0.2) is 12.6 Å². The molecule has 0 aliphatic rings. The molecular weight excluding hydrogens is 293 g/mol. The van der Waals surface area contributed by atoms with E-state index in [2.05, 4.69) is 35.1 Å². The SMILES string of the molecule is CCCCC(Cc1ccc(Br)cc1F)NCCC. The van der Waals surface area contributed by atoms with Crippen molar-refractivity contribution >= 4 is 15.9 Å². The van der Waals surface area contributed by atoms with Gasteiger partial charge < -0.3 is 5.32 Å². The van der Waals surface area contributed by atoms with Crippen LogP contribution in [0.15, 0.2) is 22.7 Å². The highest BCUT2D eigenvalue weighted by Crippen LogP contribution is 2.18. The summed E-state index contributed by atoms with van der Waals surface area (Å²) < 4.78 is 14.6. The summed E-state index contributed by atoms with van der Waals surface area (Å²) in [6, 6.07) is 5.73. The van der Waals surface area contributed by atoms with E-state index >= 15 is 0 Å². The minimum absolute atomic E-state index is 0.107. The molecule has 0 amide bonds. The van der Waals surface area contributed by atoms with Gasteiger partial charge in [-0.3, -0.25) is 0 Å². The van der Waals surface area contributed by atoms with Gasteiger partial charge in [0, 0.05) is 10.5 Å². The van der Waals surface area contributed by atoms with Gasteiger partial charge in [-0.1, -0.05) is 48.7 Å². The molecule has 0 aromatic heterocycles. The molecular formula is C15H23BrFN. The van der Waals surface area contributed by atoms with Crippen molar-refractivity contribution in [3.63, 3.8) is 0 Å². The van der Waals surface area contributed by atoms with Crippen molar-refractivity contribution in [2.45, 2.75) is 52.0 Å². The monoisotopic (exact) mass is 315 g/mol. The predicted molar refractivity (Wildman–Crippen MR) is 79.4 cm³/mol. The highest BCUT2D eigenvalue weighted by Gasteiger charge is 2.11. The van der Waals surface area contributed by atoms with E-state index in [4.69, 9.17) is 0 Å². The largest absolute Gasteiger partial charge is 0.314 e. The minimum atomic E-state index is -0.107. The Morgan fingerprint density at radius 3 is 2.67 bits per heavy atom. The van der Waals surface area contributed by atoms with Crippen molar-refractivity contribution in [3.05, 3.63) is 34.1 Å². The normalized spacial score (nSPS) is 12.7. The van der Waals surface area contributed by atoms with Gasteiger partial charge in [-0.15, -0.1) is 0 Å². The van der Waals surface area contributed by atoms with E-state index in [1.807, 2.05) is 12.1 Å². The van der Waals surface area contributed by atoms with Crippen molar-refractivity contribution < 1.29 is 4.39 Å². The number of benzene rings is 1. The van der Waals surface area contributed by atoms with Crippen LogP contribution in [0.1, 0.15) is 45.1 Å². The molecule has 1 N–H and O–H groups in total. The molecule has 1 rings (SSSR count). The van der Waals surface area contributed by atoms with E-state index < -0.39 is 0 Å². The third-order valence-electron chi connectivity index (χ3n) is 3.07. The third kappa shape index (κ3) is 5.49. The molecule has 1 atom stereocenters. The maximum absolute atomic E-state index is 13.8. The van der Waals surface area contributed by atoms with Gasteiger partial charge in [0.1, 0.15) is 5.82 Å². The van der Waals surface area contributed by atoms with Gasteiger partial charge in [-0.25, -0.2) is 4.39 Å². The van der Waals surface area contributed by atoms with Gasteiger partial charge in [0.2, 0.25) is 0 Å². The van der Waals surface area contributed by atoms with Crippen molar-refractivity contribution in [3.8, 4) is 0 Å². The Morgan fingerprint density at radius 1 is 1.28 bits per heavy atom.